The maximum atomic E-state index is 6.74. The predicted molar refractivity (Wildman–Crippen MR) is 165 cm³/mol. The number of allylic oxidation sites excluding steroid dienone is 4. The maximum absolute atomic E-state index is 6.74. The summed E-state index contributed by atoms with van der Waals surface area (Å²) in [6.45, 7) is 0. The van der Waals surface area contributed by atoms with Crippen LogP contribution in [0, 0.1) is 0 Å². The van der Waals surface area contributed by atoms with Gasteiger partial charge < -0.3 is 4.42 Å². The van der Waals surface area contributed by atoms with Crippen molar-refractivity contribution in [1.29, 1.82) is 0 Å². The molecule has 184 valence electrons. The molecule has 1 atom stereocenters. The highest BCUT2D eigenvalue weighted by Crippen LogP contribution is 2.46. The topological polar surface area (TPSA) is 13.1 Å². The van der Waals surface area contributed by atoms with Gasteiger partial charge in [-0.05, 0) is 50.7 Å². The molecule has 1 unspecified atom stereocenters. The summed E-state index contributed by atoms with van der Waals surface area (Å²) < 4.78 is 6.74. The van der Waals surface area contributed by atoms with E-state index in [0.717, 1.165) is 28.5 Å². The summed E-state index contributed by atoms with van der Waals surface area (Å²) in [7, 11) is 0. The Labute approximate surface area is 227 Å². The van der Waals surface area contributed by atoms with Crippen LogP contribution in [-0.4, -0.2) is 0 Å². The summed E-state index contributed by atoms with van der Waals surface area (Å²) in [4.78, 5) is 0. The van der Waals surface area contributed by atoms with E-state index >= 15 is 0 Å². The number of para-hydroxylation sites is 1. The van der Waals surface area contributed by atoms with E-state index in [0.29, 0.717) is 5.92 Å². The van der Waals surface area contributed by atoms with Crippen LogP contribution in [0.5, 0.6) is 0 Å². The molecule has 1 nitrogen and oxygen atoms in total. The minimum atomic E-state index is 0.394. The van der Waals surface area contributed by atoms with Gasteiger partial charge in [0.25, 0.3) is 0 Å². The molecule has 0 aliphatic heterocycles. The molecule has 0 amide bonds. The quantitative estimate of drug-likeness (QED) is 0.221. The molecule has 8 rings (SSSR count). The Morgan fingerprint density at radius 1 is 0.538 bits per heavy atom. The highest BCUT2D eigenvalue weighted by atomic mass is 16.3. The van der Waals surface area contributed by atoms with E-state index in [1.54, 1.807) is 0 Å². The minimum absolute atomic E-state index is 0.394. The molecule has 1 aromatic heterocycles. The van der Waals surface area contributed by atoms with Gasteiger partial charge in [-0.15, -0.1) is 0 Å². The Morgan fingerprint density at radius 2 is 1.21 bits per heavy atom. The summed E-state index contributed by atoms with van der Waals surface area (Å²) in [5.74, 6) is 0.394. The zero-order valence-electron chi connectivity index (χ0n) is 21.5. The second-order valence-electron chi connectivity index (χ2n) is 10.4. The first-order valence-corrected chi connectivity index (χ1v) is 13.6. The molecule has 1 aliphatic rings. The monoisotopic (exact) mass is 498 g/mol. The van der Waals surface area contributed by atoms with Gasteiger partial charge in [-0.3, -0.25) is 0 Å². The molecule has 0 spiro atoms. The number of fused-ring (bicyclic) bond motifs is 5. The first kappa shape index (κ1) is 22.1. The lowest BCUT2D eigenvalue weighted by molar-refractivity contribution is 0.668. The van der Waals surface area contributed by atoms with Crippen molar-refractivity contribution in [2.24, 2.45) is 0 Å². The van der Waals surface area contributed by atoms with Crippen LogP contribution in [0.2, 0.25) is 0 Å². The van der Waals surface area contributed by atoms with E-state index in [9.17, 15) is 0 Å². The third kappa shape index (κ3) is 3.47. The number of benzene rings is 6. The standard InChI is InChI=1S/C38H26O/c1-3-12-25(13-4-1)27-22-23-28-33-20-11-21-34(38(33)39-35(28)24-27)37-31-18-9-7-16-29(31)36(26-14-5-2-6-15-26)30-17-8-10-19-32(30)37/h1-12,14-25H,13H2. The van der Waals surface area contributed by atoms with Crippen molar-refractivity contribution in [3.63, 3.8) is 0 Å². The van der Waals surface area contributed by atoms with E-state index in [4.69, 9.17) is 4.42 Å². The largest absolute Gasteiger partial charge is 0.455 e. The van der Waals surface area contributed by atoms with Gasteiger partial charge in [0.05, 0.1) is 0 Å². The Hall–Kier alpha value is -4.88. The van der Waals surface area contributed by atoms with Crippen LogP contribution in [0.15, 0.2) is 144 Å². The van der Waals surface area contributed by atoms with E-state index in [2.05, 4.69) is 140 Å². The van der Waals surface area contributed by atoms with Crippen LogP contribution in [0.3, 0.4) is 0 Å². The third-order valence-electron chi connectivity index (χ3n) is 8.19. The summed E-state index contributed by atoms with van der Waals surface area (Å²) in [6, 6.07) is 41.7. The van der Waals surface area contributed by atoms with Gasteiger partial charge >= 0.3 is 0 Å². The molecule has 0 bridgehead atoms. The van der Waals surface area contributed by atoms with Crippen molar-refractivity contribution in [1.82, 2.24) is 0 Å². The summed E-state index contributed by atoms with van der Waals surface area (Å²) in [6.07, 6.45) is 9.81. The van der Waals surface area contributed by atoms with Crippen molar-refractivity contribution >= 4 is 43.5 Å². The van der Waals surface area contributed by atoms with Crippen molar-refractivity contribution in [2.45, 2.75) is 12.3 Å². The van der Waals surface area contributed by atoms with Crippen LogP contribution < -0.4 is 0 Å². The van der Waals surface area contributed by atoms with Crippen molar-refractivity contribution < 1.29 is 4.42 Å². The number of rotatable bonds is 3. The summed E-state index contributed by atoms with van der Waals surface area (Å²) in [5.41, 5.74) is 8.08. The van der Waals surface area contributed by atoms with Crippen LogP contribution in [-0.2, 0) is 0 Å². The number of hydrogen-bond acceptors (Lipinski definition) is 1. The molecule has 0 saturated heterocycles. The second-order valence-corrected chi connectivity index (χ2v) is 10.4. The van der Waals surface area contributed by atoms with Crippen molar-refractivity contribution in [3.8, 4) is 22.3 Å². The molecule has 0 N–H and O–H groups in total. The Balaban J connectivity index is 1.44. The Morgan fingerprint density at radius 3 is 1.90 bits per heavy atom. The van der Waals surface area contributed by atoms with E-state index in [1.807, 2.05) is 0 Å². The molecule has 6 aromatic carbocycles. The lowest BCUT2D eigenvalue weighted by atomic mass is 9.85. The van der Waals surface area contributed by atoms with Gasteiger partial charge in [0.2, 0.25) is 0 Å². The first-order valence-electron chi connectivity index (χ1n) is 13.6. The molecule has 1 heteroatoms. The minimum Gasteiger partial charge on any atom is -0.455 e. The SMILES string of the molecule is C1=CCC(c2ccc3c(c2)oc2c(-c4c5ccccc5c(-c5ccccc5)c5ccccc45)cccc23)C=C1. The normalized spacial score (nSPS) is 15.1. The lowest BCUT2D eigenvalue weighted by Gasteiger charge is -2.17. The van der Waals surface area contributed by atoms with Crippen molar-refractivity contribution in [2.75, 3.05) is 0 Å². The van der Waals surface area contributed by atoms with Crippen LogP contribution >= 0.6 is 0 Å². The summed E-state index contributed by atoms with van der Waals surface area (Å²) in [5, 5.41) is 7.31. The summed E-state index contributed by atoms with van der Waals surface area (Å²) >= 11 is 0. The first-order chi connectivity index (χ1) is 19.4. The maximum Gasteiger partial charge on any atom is 0.143 e. The zero-order chi connectivity index (χ0) is 25.8. The highest BCUT2D eigenvalue weighted by molar-refractivity contribution is 6.24. The van der Waals surface area contributed by atoms with Gasteiger partial charge in [-0.25, -0.2) is 0 Å². The van der Waals surface area contributed by atoms with Gasteiger partial charge in [-0.1, -0.05) is 133 Å². The highest BCUT2D eigenvalue weighted by Gasteiger charge is 2.20. The van der Waals surface area contributed by atoms with Crippen molar-refractivity contribution in [3.05, 3.63) is 145 Å². The Bertz CT molecular complexity index is 2030. The van der Waals surface area contributed by atoms with Gasteiger partial charge in [0.1, 0.15) is 11.2 Å². The van der Waals surface area contributed by atoms with Crippen LogP contribution in [0.4, 0.5) is 0 Å². The van der Waals surface area contributed by atoms with Gasteiger partial charge in [-0.2, -0.15) is 0 Å². The second kappa shape index (κ2) is 8.85. The van der Waals surface area contributed by atoms with Crippen LogP contribution in [0.1, 0.15) is 17.9 Å². The molecule has 0 fully saturated rings. The molecule has 0 saturated carbocycles. The molecule has 7 aromatic rings. The van der Waals surface area contributed by atoms with Crippen LogP contribution in [0.25, 0.3) is 65.7 Å². The third-order valence-corrected chi connectivity index (χ3v) is 8.19. The van der Waals surface area contributed by atoms with E-state index < -0.39 is 0 Å². The number of furan rings is 1. The van der Waals surface area contributed by atoms with Gasteiger partial charge in [0, 0.05) is 27.8 Å². The average molecular weight is 499 g/mol. The smallest absolute Gasteiger partial charge is 0.143 e. The van der Waals surface area contributed by atoms with E-state index in [-0.39, 0.29) is 0 Å². The molecular formula is C38H26O. The molecule has 1 heterocycles. The molecular weight excluding hydrogens is 472 g/mol. The fourth-order valence-electron chi connectivity index (χ4n) is 6.40. The fraction of sp³-hybridized carbons (Fsp3) is 0.0526. The average Bonchev–Trinajstić information content (AvgIpc) is 3.39. The molecule has 0 radical (unpaired) electrons. The zero-order valence-corrected chi connectivity index (χ0v) is 21.5. The molecule has 39 heavy (non-hydrogen) atoms. The molecule has 1 aliphatic carbocycles. The van der Waals surface area contributed by atoms with Gasteiger partial charge in [0.15, 0.2) is 0 Å². The fourth-order valence-corrected chi connectivity index (χ4v) is 6.40. The Kier molecular flexibility index (Phi) is 5.03. The lowest BCUT2D eigenvalue weighted by Crippen LogP contribution is -1.95. The number of hydrogen-bond donors (Lipinski definition) is 0. The van der Waals surface area contributed by atoms with E-state index in [1.165, 1.54) is 49.2 Å². The predicted octanol–water partition coefficient (Wildman–Crippen LogP) is 10.8.